The van der Waals surface area contributed by atoms with Gasteiger partial charge in [-0.3, -0.25) is 0 Å². The van der Waals surface area contributed by atoms with Crippen LogP contribution in [0.3, 0.4) is 0 Å². The number of aromatic nitrogens is 2. The van der Waals surface area contributed by atoms with E-state index in [1.54, 1.807) is 28.7 Å². The fourth-order valence-electron chi connectivity index (χ4n) is 2.36. The van der Waals surface area contributed by atoms with E-state index in [4.69, 9.17) is 4.52 Å². The number of rotatable bonds is 3. The molecule has 8 heteroatoms. The normalized spacial score (nSPS) is 18.4. The van der Waals surface area contributed by atoms with Gasteiger partial charge in [-0.2, -0.15) is 9.29 Å². The average molecular weight is 313 g/mol. The summed E-state index contributed by atoms with van der Waals surface area (Å²) in [5, 5.41) is 5.56. The maximum atomic E-state index is 12.4. The zero-order valence-corrected chi connectivity index (χ0v) is 12.7. The molecule has 0 unspecified atom stereocenters. The van der Waals surface area contributed by atoms with E-state index in [1.807, 2.05) is 0 Å². The van der Waals surface area contributed by atoms with E-state index in [0.29, 0.717) is 41.9 Å². The predicted octanol–water partition coefficient (Wildman–Crippen LogP) is 2.01. The van der Waals surface area contributed by atoms with E-state index in [2.05, 4.69) is 10.1 Å². The van der Waals surface area contributed by atoms with Gasteiger partial charge >= 0.3 is 0 Å². The van der Waals surface area contributed by atoms with Crippen LogP contribution < -0.4 is 0 Å². The lowest BCUT2D eigenvalue weighted by Gasteiger charge is -2.29. The second kappa shape index (κ2) is 5.27. The predicted molar refractivity (Wildman–Crippen MR) is 74.1 cm³/mol. The molecule has 6 nitrogen and oxygen atoms in total. The Morgan fingerprint density at radius 2 is 2.15 bits per heavy atom. The first-order valence-electron chi connectivity index (χ1n) is 6.41. The lowest BCUT2D eigenvalue weighted by atomic mass is 9.98. The van der Waals surface area contributed by atoms with E-state index in [1.165, 1.54) is 11.3 Å². The van der Waals surface area contributed by atoms with Crippen LogP contribution in [-0.2, 0) is 10.0 Å². The van der Waals surface area contributed by atoms with Crippen molar-refractivity contribution in [3.8, 4) is 0 Å². The van der Waals surface area contributed by atoms with Crippen LogP contribution in [0.25, 0.3) is 0 Å². The Balaban J connectivity index is 1.70. The van der Waals surface area contributed by atoms with Crippen LogP contribution in [0, 0.1) is 6.92 Å². The van der Waals surface area contributed by atoms with Crippen LogP contribution in [0.5, 0.6) is 0 Å². The number of sulfonamides is 1. The van der Waals surface area contributed by atoms with Gasteiger partial charge in [0.15, 0.2) is 5.82 Å². The Morgan fingerprint density at radius 1 is 1.40 bits per heavy atom. The highest BCUT2D eigenvalue weighted by Gasteiger charge is 2.32. The van der Waals surface area contributed by atoms with Crippen LogP contribution in [-0.4, -0.2) is 36.0 Å². The summed E-state index contributed by atoms with van der Waals surface area (Å²) in [4.78, 5) is 4.23. The molecular weight excluding hydrogens is 298 g/mol. The van der Waals surface area contributed by atoms with Crippen molar-refractivity contribution >= 4 is 21.4 Å². The fraction of sp³-hybridized carbons (Fsp3) is 0.500. The SMILES string of the molecule is Cc1noc(C2CCN(S(=O)(=O)c3cccs3)CC2)n1. The minimum absolute atomic E-state index is 0.158. The second-order valence-electron chi connectivity index (χ2n) is 4.79. The van der Waals surface area contributed by atoms with Gasteiger partial charge in [-0.15, -0.1) is 11.3 Å². The third-order valence-corrected chi connectivity index (χ3v) is 6.71. The van der Waals surface area contributed by atoms with Crippen LogP contribution in [0.15, 0.2) is 26.2 Å². The quantitative estimate of drug-likeness (QED) is 0.866. The molecule has 108 valence electrons. The number of hydrogen-bond acceptors (Lipinski definition) is 6. The lowest BCUT2D eigenvalue weighted by Crippen LogP contribution is -2.37. The third-order valence-electron chi connectivity index (χ3n) is 3.44. The summed E-state index contributed by atoms with van der Waals surface area (Å²) < 4.78 is 31.9. The van der Waals surface area contributed by atoms with Crippen molar-refractivity contribution in [1.29, 1.82) is 0 Å². The Kier molecular flexibility index (Phi) is 3.61. The lowest BCUT2D eigenvalue weighted by molar-refractivity contribution is 0.270. The van der Waals surface area contributed by atoms with E-state index < -0.39 is 10.0 Å². The standard InChI is InChI=1S/C12H15N3O3S2/c1-9-13-12(18-14-9)10-4-6-15(7-5-10)20(16,17)11-3-2-8-19-11/h2-3,8,10H,4-7H2,1H3. The smallest absolute Gasteiger partial charge is 0.252 e. The molecule has 0 radical (unpaired) electrons. The maximum absolute atomic E-state index is 12.4. The third kappa shape index (κ3) is 2.50. The van der Waals surface area contributed by atoms with E-state index in [-0.39, 0.29) is 5.92 Å². The van der Waals surface area contributed by atoms with Crippen molar-refractivity contribution in [2.24, 2.45) is 0 Å². The van der Waals surface area contributed by atoms with E-state index >= 15 is 0 Å². The summed E-state index contributed by atoms with van der Waals surface area (Å²) in [6.07, 6.45) is 1.43. The number of aryl methyl sites for hydroxylation is 1. The van der Waals surface area contributed by atoms with Gasteiger partial charge in [0.2, 0.25) is 5.89 Å². The van der Waals surface area contributed by atoms with Crippen molar-refractivity contribution in [2.75, 3.05) is 13.1 Å². The molecule has 1 aliphatic heterocycles. The molecule has 2 aromatic rings. The zero-order valence-electron chi connectivity index (χ0n) is 11.0. The van der Waals surface area contributed by atoms with Gasteiger partial charge in [-0.25, -0.2) is 8.42 Å². The topological polar surface area (TPSA) is 76.3 Å². The van der Waals surface area contributed by atoms with Crippen molar-refractivity contribution < 1.29 is 12.9 Å². The van der Waals surface area contributed by atoms with Gasteiger partial charge in [-0.05, 0) is 31.2 Å². The first-order chi connectivity index (χ1) is 9.57. The van der Waals surface area contributed by atoms with E-state index in [0.717, 1.165) is 0 Å². The molecule has 0 saturated carbocycles. The molecule has 3 rings (SSSR count). The summed E-state index contributed by atoms with van der Waals surface area (Å²) in [6.45, 7) is 2.77. The molecule has 0 amide bonds. The zero-order chi connectivity index (χ0) is 14.2. The molecule has 0 atom stereocenters. The summed E-state index contributed by atoms with van der Waals surface area (Å²) in [6, 6.07) is 3.40. The Morgan fingerprint density at radius 3 is 2.70 bits per heavy atom. The molecule has 0 bridgehead atoms. The maximum Gasteiger partial charge on any atom is 0.252 e. The fourth-order valence-corrected chi connectivity index (χ4v) is 4.97. The molecule has 1 saturated heterocycles. The molecule has 0 aromatic carbocycles. The molecule has 2 aromatic heterocycles. The molecule has 0 aliphatic carbocycles. The molecule has 0 spiro atoms. The number of piperidine rings is 1. The molecule has 20 heavy (non-hydrogen) atoms. The van der Waals surface area contributed by atoms with Crippen LogP contribution in [0.4, 0.5) is 0 Å². The highest BCUT2D eigenvalue weighted by Crippen LogP contribution is 2.30. The van der Waals surface area contributed by atoms with Crippen LogP contribution in [0.2, 0.25) is 0 Å². The van der Waals surface area contributed by atoms with Crippen LogP contribution >= 0.6 is 11.3 Å². The van der Waals surface area contributed by atoms with Gasteiger partial charge in [0, 0.05) is 19.0 Å². The first-order valence-corrected chi connectivity index (χ1v) is 8.73. The molecular formula is C12H15N3O3S2. The summed E-state index contributed by atoms with van der Waals surface area (Å²) in [5.74, 6) is 1.40. The highest BCUT2D eigenvalue weighted by molar-refractivity contribution is 7.91. The summed E-state index contributed by atoms with van der Waals surface area (Å²) in [7, 11) is -3.33. The number of nitrogens with zero attached hydrogens (tertiary/aromatic N) is 3. The van der Waals surface area contributed by atoms with Crippen LogP contribution in [0.1, 0.15) is 30.5 Å². The second-order valence-corrected chi connectivity index (χ2v) is 7.90. The van der Waals surface area contributed by atoms with Crippen molar-refractivity contribution in [2.45, 2.75) is 29.9 Å². The number of thiophene rings is 1. The number of hydrogen-bond donors (Lipinski definition) is 0. The highest BCUT2D eigenvalue weighted by atomic mass is 32.2. The monoisotopic (exact) mass is 313 g/mol. The largest absolute Gasteiger partial charge is 0.339 e. The van der Waals surface area contributed by atoms with Crippen molar-refractivity contribution in [1.82, 2.24) is 14.4 Å². The van der Waals surface area contributed by atoms with Gasteiger partial charge in [0.25, 0.3) is 10.0 Å². The average Bonchev–Trinajstić information content (AvgIpc) is 3.10. The van der Waals surface area contributed by atoms with Gasteiger partial charge < -0.3 is 4.52 Å². The van der Waals surface area contributed by atoms with Gasteiger partial charge in [0.1, 0.15) is 4.21 Å². The van der Waals surface area contributed by atoms with Crippen molar-refractivity contribution in [3.05, 3.63) is 29.2 Å². The molecule has 1 aliphatic rings. The Hall–Kier alpha value is -1.25. The molecule has 3 heterocycles. The molecule has 0 N–H and O–H groups in total. The minimum atomic E-state index is -3.33. The minimum Gasteiger partial charge on any atom is -0.339 e. The first kappa shape index (κ1) is 13.7. The van der Waals surface area contributed by atoms with E-state index in [9.17, 15) is 8.42 Å². The van der Waals surface area contributed by atoms with Gasteiger partial charge in [0.05, 0.1) is 0 Å². The molecule has 1 fully saturated rings. The Bertz CT molecular complexity index is 671. The summed E-state index contributed by atoms with van der Waals surface area (Å²) >= 11 is 1.25. The summed E-state index contributed by atoms with van der Waals surface area (Å²) in [5.41, 5.74) is 0. The van der Waals surface area contributed by atoms with Crippen molar-refractivity contribution in [3.63, 3.8) is 0 Å². The Labute approximate surface area is 121 Å². The van der Waals surface area contributed by atoms with Gasteiger partial charge in [-0.1, -0.05) is 11.2 Å².